The highest BCUT2D eigenvalue weighted by molar-refractivity contribution is 5.95. The fourth-order valence-corrected chi connectivity index (χ4v) is 1.64. The Morgan fingerprint density at radius 1 is 1.53 bits per heavy atom. The quantitative estimate of drug-likeness (QED) is 0.741. The number of rotatable bonds is 1. The number of hydrogen-bond acceptors (Lipinski definition) is 3. The van der Waals surface area contributed by atoms with Gasteiger partial charge >= 0.3 is 0 Å². The van der Waals surface area contributed by atoms with Crippen LogP contribution in [-0.4, -0.2) is 33.2 Å². The summed E-state index contributed by atoms with van der Waals surface area (Å²) in [6.45, 7) is 1.55. The molecule has 0 radical (unpaired) electrons. The van der Waals surface area contributed by atoms with Crippen LogP contribution in [0.5, 0.6) is 5.75 Å². The van der Waals surface area contributed by atoms with Gasteiger partial charge in [-0.25, -0.2) is 0 Å². The third-order valence-corrected chi connectivity index (χ3v) is 2.54. The van der Waals surface area contributed by atoms with Gasteiger partial charge in [0.15, 0.2) is 0 Å². The zero-order chi connectivity index (χ0) is 10.8. The van der Waals surface area contributed by atoms with Gasteiger partial charge in [-0.2, -0.15) is 0 Å². The third kappa shape index (κ3) is 1.75. The number of nitrogens with one attached hydrogen (secondary N) is 1. The number of ether oxygens (including phenoxy) is 1. The SMILES string of the molecule is CNC(=O)c1ccc2c(c1)OCCN2C. The predicted molar refractivity (Wildman–Crippen MR) is 58.6 cm³/mol. The highest BCUT2D eigenvalue weighted by Gasteiger charge is 2.16. The van der Waals surface area contributed by atoms with E-state index in [1.165, 1.54) is 0 Å². The zero-order valence-corrected chi connectivity index (χ0v) is 8.91. The molecule has 0 atom stereocenters. The summed E-state index contributed by atoms with van der Waals surface area (Å²) in [7, 11) is 3.63. The van der Waals surface area contributed by atoms with Crippen LogP contribution in [0.1, 0.15) is 10.4 Å². The Hall–Kier alpha value is -1.71. The second-order valence-electron chi connectivity index (χ2n) is 3.53. The number of nitrogens with zero attached hydrogens (tertiary/aromatic N) is 1. The number of anilines is 1. The summed E-state index contributed by atoms with van der Waals surface area (Å²) in [5.41, 5.74) is 1.67. The van der Waals surface area contributed by atoms with Gasteiger partial charge < -0.3 is 15.0 Å². The average Bonchev–Trinajstić information content (AvgIpc) is 2.28. The molecule has 0 spiro atoms. The molecular weight excluding hydrogens is 192 g/mol. The van der Waals surface area contributed by atoms with Crippen LogP contribution in [0, 0.1) is 0 Å². The minimum absolute atomic E-state index is 0.0883. The van der Waals surface area contributed by atoms with Crippen LogP contribution in [0.15, 0.2) is 18.2 Å². The normalized spacial score (nSPS) is 14.1. The largest absolute Gasteiger partial charge is 0.490 e. The minimum atomic E-state index is -0.0883. The monoisotopic (exact) mass is 206 g/mol. The Morgan fingerprint density at radius 3 is 3.07 bits per heavy atom. The molecule has 2 rings (SSSR count). The highest BCUT2D eigenvalue weighted by atomic mass is 16.5. The molecule has 4 nitrogen and oxygen atoms in total. The maximum Gasteiger partial charge on any atom is 0.251 e. The lowest BCUT2D eigenvalue weighted by atomic mass is 10.1. The molecule has 1 aliphatic heterocycles. The molecule has 1 heterocycles. The van der Waals surface area contributed by atoms with E-state index in [0.717, 1.165) is 18.0 Å². The van der Waals surface area contributed by atoms with Crippen molar-refractivity contribution in [1.82, 2.24) is 5.32 Å². The van der Waals surface area contributed by atoms with Gasteiger partial charge in [-0.3, -0.25) is 4.79 Å². The van der Waals surface area contributed by atoms with Crippen molar-refractivity contribution >= 4 is 11.6 Å². The van der Waals surface area contributed by atoms with Crippen LogP contribution in [0.3, 0.4) is 0 Å². The Morgan fingerprint density at radius 2 is 2.33 bits per heavy atom. The first kappa shape index (κ1) is 9.83. The lowest BCUT2D eigenvalue weighted by molar-refractivity contribution is 0.0962. The number of carbonyl (C=O) groups is 1. The van der Waals surface area contributed by atoms with Crippen LogP contribution >= 0.6 is 0 Å². The van der Waals surface area contributed by atoms with Gasteiger partial charge in [-0.05, 0) is 18.2 Å². The molecule has 1 amide bonds. The molecular formula is C11H14N2O2. The third-order valence-electron chi connectivity index (χ3n) is 2.54. The van der Waals surface area contributed by atoms with Crippen molar-refractivity contribution < 1.29 is 9.53 Å². The standard InChI is InChI=1S/C11H14N2O2/c1-12-11(14)8-3-4-9-10(7-8)15-6-5-13(9)2/h3-4,7H,5-6H2,1-2H3,(H,12,14). The summed E-state index contributed by atoms with van der Waals surface area (Å²) in [4.78, 5) is 13.5. The van der Waals surface area contributed by atoms with Gasteiger partial charge in [0.1, 0.15) is 12.4 Å². The molecule has 1 aromatic carbocycles. The maximum absolute atomic E-state index is 11.4. The summed E-state index contributed by atoms with van der Waals surface area (Å²) in [6.07, 6.45) is 0. The van der Waals surface area contributed by atoms with Crippen LogP contribution in [0.2, 0.25) is 0 Å². The smallest absolute Gasteiger partial charge is 0.251 e. The van der Waals surface area contributed by atoms with Crippen LogP contribution in [-0.2, 0) is 0 Å². The molecule has 0 aromatic heterocycles. The van der Waals surface area contributed by atoms with Crippen LogP contribution in [0.4, 0.5) is 5.69 Å². The average molecular weight is 206 g/mol. The number of carbonyl (C=O) groups excluding carboxylic acids is 1. The number of fused-ring (bicyclic) bond motifs is 1. The van der Waals surface area contributed by atoms with E-state index >= 15 is 0 Å². The van der Waals surface area contributed by atoms with E-state index < -0.39 is 0 Å². The molecule has 1 aromatic rings. The molecule has 0 bridgehead atoms. The minimum Gasteiger partial charge on any atom is -0.490 e. The van der Waals surface area contributed by atoms with Gasteiger partial charge in [-0.1, -0.05) is 0 Å². The fourth-order valence-electron chi connectivity index (χ4n) is 1.64. The summed E-state index contributed by atoms with van der Waals surface area (Å²) < 4.78 is 5.51. The first-order valence-corrected chi connectivity index (χ1v) is 4.92. The summed E-state index contributed by atoms with van der Waals surface area (Å²) in [6, 6.07) is 5.51. The van der Waals surface area contributed by atoms with Gasteiger partial charge in [0, 0.05) is 19.7 Å². The molecule has 15 heavy (non-hydrogen) atoms. The number of benzene rings is 1. The Bertz CT molecular complexity index is 390. The van der Waals surface area contributed by atoms with E-state index in [4.69, 9.17) is 4.74 Å². The molecule has 0 saturated carbocycles. The second kappa shape index (κ2) is 3.81. The molecule has 1 N–H and O–H groups in total. The summed E-state index contributed by atoms with van der Waals surface area (Å²) in [5.74, 6) is 0.694. The number of amides is 1. The van der Waals surface area contributed by atoms with E-state index in [-0.39, 0.29) is 5.91 Å². The van der Waals surface area contributed by atoms with Crippen LogP contribution in [0.25, 0.3) is 0 Å². The predicted octanol–water partition coefficient (Wildman–Crippen LogP) is 0.875. The van der Waals surface area contributed by atoms with Crippen molar-refractivity contribution in [1.29, 1.82) is 0 Å². The van der Waals surface area contributed by atoms with E-state index in [2.05, 4.69) is 10.2 Å². The van der Waals surface area contributed by atoms with Crippen molar-refractivity contribution in [2.24, 2.45) is 0 Å². The van der Waals surface area contributed by atoms with E-state index in [9.17, 15) is 4.79 Å². The Balaban J connectivity index is 2.37. The van der Waals surface area contributed by atoms with Gasteiger partial charge in [0.05, 0.1) is 12.2 Å². The van der Waals surface area contributed by atoms with Crippen molar-refractivity contribution in [3.63, 3.8) is 0 Å². The van der Waals surface area contributed by atoms with Gasteiger partial charge in [-0.15, -0.1) is 0 Å². The van der Waals surface area contributed by atoms with E-state index in [1.807, 2.05) is 19.2 Å². The molecule has 4 heteroatoms. The molecule has 0 aliphatic carbocycles. The zero-order valence-electron chi connectivity index (χ0n) is 8.91. The maximum atomic E-state index is 11.4. The van der Waals surface area contributed by atoms with Crippen LogP contribution < -0.4 is 15.0 Å². The molecule has 0 unspecified atom stereocenters. The Labute approximate surface area is 88.8 Å². The number of hydrogen-bond donors (Lipinski definition) is 1. The topological polar surface area (TPSA) is 41.6 Å². The second-order valence-corrected chi connectivity index (χ2v) is 3.53. The molecule has 1 aliphatic rings. The van der Waals surface area contributed by atoms with Crippen molar-refractivity contribution in [3.8, 4) is 5.75 Å². The lowest BCUT2D eigenvalue weighted by Gasteiger charge is -2.27. The molecule has 80 valence electrons. The van der Waals surface area contributed by atoms with Crippen molar-refractivity contribution in [2.75, 3.05) is 32.1 Å². The molecule has 0 saturated heterocycles. The van der Waals surface area contributed by atoms with Gasteiger partial charge in [0.2, 0.25) is 0 Å². The number of likely N-dealkylation sites (N-methyl/N-ethyl adjacent to an activating group) is 1. The summed E-state index contributed by atoms with van der Waals surface area (Å²) >= 11 is 0. The highest BCUT2D eigenvalue weighted by Crippen LogP contribution is 2.31. The summed E-state index contributed by atoms with van der Waals surface area (Å²) in [5, 5.41) is 2.59. The van der Waals surface area contributed by atoms with Crippen molar-refractivity contribution in [2.45, 2.75) is 0 Å². The van der Waals surface area contributed by atoms with Crippen molar-refractivity contribution in [3.05, 3.63) is 23.8 Å². The lowest BCUT2D eigenvalue weighted by Crippen LogP contribution is -2.29. The Kier molecular flexibility index (Phi) is 2.49. The molecule has 0 fully saturated rings. The first-order chi connectivity index (χ1) is 7.22. The first-order valence-electron chi connectivity index (χ1n) is 4.92. The van der Waals surface area contributed by atoms with Gasteiger partial charge in [0.25, 0.3) is 5.91 Å². The van der Waals surface area contributed by atoms with E-state index in [1.54, 1.807) is 13.1 Å². The van der Waals surface area contributed by atoms with E-state index in [0.29, 0.717) is 12.2 Å². The fraction of sp³-hybridized carbons (Fsp3) is 0.364.